The molecule has 0 spiro atoms. The summed E-state index contributed by atoms with van der Waals surface area (Å²) in [7, 11) is -0.304. The summed E-state index contributed by atoms with van der Waals surface area (Å²) in [5, 5.41) is 7.29. The monoisotopic (exact) mass is 449 g/mol. The van der Waals surface area contributed by atoms with Crippen LogP contribution in [0.2, 0.25) is 0 Å². The molecule has 0 aliphatic carbocycles. The van der Waals surface area contributed by atoms with Gasteiger partial charge in [0.2, 0.25) is 0 Å². The normalized spacial score (nSPS) is 15.9. The van der Waals surface area contributed by atoms with Crippen LogP contribution in [-0.4, -0.2) is 72.5 Å². The van der Waals surface area contributed by atoms with E-state index in [0.717, 1.165) is 11.4 Å². The van der Waals surface area contributed by atoms with Gasteiger partial charge in [0, 0.05) is 45.0 Å². The molecule has 1 aromatic carbocycles. The molecule has 9 nitrogen and oxygen atoms in total. The lowest BCUT2D eigenvalue weighted by atomic mass is 10.1. The second-order valence-electron chi connectivity index (χ2n) is 7.94. The van der Waals surface area contributed by atoms with Gasteiger partial charge in [-0.2, -0.15) is 22.1 Å². The van der Waals surface area contributed by atoms with Crippen molar-refractivity contribution in [2.24, 2.45) is 0 Å². The summed E-state index contributed by atoms with van der Waals surface area (Å²) < 4.78 is 35.0. The van der Waals surface area contributed by atoms with Crippen LogP contribution in [0.1, 0.15) is 34.6 Å². The van der Waals surface area contributed by atoms with Crippen molar-refractivity contribution in [2.75, 3.05) is 33.7 Å². The summed E-state index contributed by atoms with van der Waals surface area (Å²) in [4.78, 5) is 12.4. The Bertz CT molecular complexity index is 993. The largest absolute Gasteiger partial charge is 0.490 e. The van der Waals surface area contributed by atoms with Gasteiger partial charge in [0.05, 0.1) is 12.2 Å². The molecule has 2 heterocycles. The molecule has 3 rings (SSSR count). The molecule has 1 aromatic heterocycles. The van der Waals surface area contributed by atoms with Gasteiger partial charge in [-0.25, -0.2) is 0 Å². The number of aromatic nitrogens is 2. The number of hydrogen-bond donors (Lipinski definition) is 1. The molecule has 1 aliphatic heterocycles. The number of amides is 1. The molecule has 170 valence electrons. The van der Waals surface area contributed by atoms with Crippen molar-refractivity contribution in [3.8, 4) is 5.75 Å². The first kappa shape index (κ1) is 23.2. The van der Waals surface area contributed by atoms with Crippen molar-refractivity contribution in [3.63, 3.8) is 0 Å². The first-order chi connectivity index (χ1) is 14.7. The SMILES string of the molecule is Cc1cc(C)n(CCNC(=O)c2ccc(OC3CCN(S(=O)(=O)N(C)C)CC3)cc2)n1. The Morgan fingerprint density at radius 1 is 1.19 bits per heavy atom. The van der Waals surface area contributed by atoms with E-state index in [2.05, 4.69) is 10.4 Å². The van der Waals surface area contributed by atoms with E-state index in [1.54, 1.807) is 24.3 Å². The van der Waals surface area contributed by atoms with Crippen LogP contribution in [0.4, 0.5) is 0 Å². The highest BCUT2D eigenvalue weighted by atomic mass is 32.2. The number of piperidine rings is 1. The summed E-state index contributed by atoms with van der Waals surface area (Å²) in [6.07, 6.45) is 1.21. The summed E-state index contributed by atoms with van der Waals surface area (Å²) >= 11 is 0. The van der Waals surface area contributed by atoms with Crippen LogP contribution in [0, 0.1) is 13.8 Å². The molecule has 1 aliphatic rings. The van der Waals surface area contributed by atoms with Gasteiger partial charge in [-0.05, 0) is 57.0 Å². The molecule has 0 radical (unpaired) electrons. The van der Waals surface area contributed by atoms with Crippen molar-refractivity contribution in [1.82, 2.24) is 23.7 Å². The second-order valence-corrected chi connectivity index (χ2v) is 10.1. The lowest BCUT2D eigenvalue weighted by Gasteiger charge is -2.32. The molecule has 0 atom stereocenters. The number of nitrogens with one attached hydrogen (secondary N) is 1. The molecule has 31 heavy (non-hydrogen) atoms. The van der Waals surface area contributed by atoms with Gasteiger partial charge in [-0.1, -0.05) is 0 Å². The number of rotatable bonds is 8. The van der Waals surface area contributed by atoms with Gasteiger partial charge in [-0.15, -0.1) is 0 Å². The number of aryl methyl sites for hydroxylation is 2. The minimum absolute atomic E-state index is 0.0472. The third kappa shape index (κ3) is 5.84. The van der Waals surface area contributed by atoms with E-state index in [0.29, 0.717) is 50.3 Å². The molecular formula is C21H31N5O4S. The van der Waals surface area contributed by atoms with Gasteiger partial charge in [0.25, 0.3) is 16.1 Å². The number of carbonyl (C=O) groups is 1. The Kier molecular flexibility index (Phi) is 7.34. The van der Waals surface area contributed by atoms with E-state index >= 15 is 0 Å². The molecule has 0 bridgehead atoms. The van der Waals surface area contributed by atoms with E-state index in [-0.39, 0.29) is 12.0 Å². The van der Waals surface area contributed by atoms with Gasteiger partial charge < -0.3 is 10.1 Å². The summed E-state index contributed by atoms with van der Waals surface area (Å²) in [6, 6.07) is 9.03. The molecule has 0 unspecified atom stereocenters. The van der Waals surface area contributed by atoms with Crippen LogP contribution < -0.4 is 10.1 Å². The fraction of sp³-hybridized carbons (Fsp3) is 0.524. The number of benzene rings is 1. The highest BCUT2D eigenvalue weighted by molar-refractivity contribution is 7.86. The quantitative estimate of drug-likeness (QED) is 0.660. The molecule has 0 saturated carbocycles. The molecule has 1 amide bonds. The first-order valence-electron chi connectivity index (χ1n) is 10.4. The van der Waals surface area contributed by atoms with Crippen molar-refractivity contribution < 1.29 is 17.9 Å². The minimum Gasteiger partial charge on any atom is -0.490 e. The van der Waals surface area contributed by atoms with Crippen molar-refractivity contribution in [1.29, 1.82) is 0 Å². The number of nitrogens with zero attached hydrogens (tertiary/aromatic N) is 4. The van der Waals surface area contributed by atoms with E-state index in [1.165, 1.54) is 22.7 Å². The molecule has 1 saturated heterocycles. The van der Waals surface area contributed by atoms with Crippen LogP contribution in [-0.2, 0) is 16.8 Å². The zero-order valence-corrected chi connectivity index (χ0v) is 19.4. The molecular weight excluding hydrogens is 418 g/mol. The summed E-state index contributed by atoms with van der Waals surface area (Å²) in [5.41, 5.74) is 2.59. The highest BCUT2D eigenvalue weighted by Gasteiger charge is 2.30. The lowest BCUT2D eigenvalue weighted by Crippen LogP contribution is -2.46. The predicted octanol–water partition coefficient (Wildman–Crippen LogP) is 1.58. The van der Waals surface area contributed by atoms with Crippen LogP contribution in [0.15, 0.2) is 30.3 Å². The Morgan fingerprint density at radius 3 is 2.39 bits per heavy atom. The van der Waals surface area contributed by atoms with Crippen LogP contribution in [0.5, 0.6) is 5.75 Å². The van der Waals surface area contributed by atoms with Crippen LogP contribution >= 0.6 is 0 Å². The molecule has 10 heteroatoms. The van der Waals surface area contributed by atoms with Crippen molar-refractivity contribution >= 4 is 16.1 Å². The van der Waals surface area contributed by atoms with Crippen molar-refractivity contribution in [3.05, 3.63) is 47.3 Å². The fourth-order valence-electron chi connectivity index (χ4n) is 3.57. The zero-order valence-electron chi connectivity index (χ0n) is 18.5. The smallest absolute Gasteiger partial charge is 0.281 e. The third-order valence-electron chi connectivity index (χ3n) is 5.32. The van der Waals surface area contributed by atoms with Crippen LogP contribution in [0.3, 0.4) is 0 Å². The second kappa shape index (κ2) is 9.80. The van der Waals surface area contributed by atoms with E-state index < -0.39 is 10.2 Å². The minimum atomic E-state index is -3.38. The molecule has 2 aromatic rings. The maximum atomic E-state index is 12.4. The van der Waals surface area contributed by atoms with Gasteiger partial charge in [-0.3, -0.25) is 9.48 Å². The summed E-state index contributed by atoms with van der Waals surface area (Å²) in [5.74, 6) is 0.531. The maximum Gasteiger partial charge on any atom is 0.281 e. The average Bonchev–Trinajstić information content (AvgIpc) is 3.05. The maximum absolute atomic E-state index is 12.4. The van der Waals surface area contributed by atoms with Crippen LogP contribution in [0.25, 0.3) is 0 Å². The third-order valence-corrected chi connectivity index (χ3v) is 7.26. The predicted molar refractivity (Wildman–Crippen MR) is 118 cm³/mol. The van der Waals surface area contributed by atoms with E-state index in [9.17, 15) is 13.2 Å². The van der Waals surface area contributed by atoms with E-state index in [4.69, 9.17) is 4.74 Å². The average molecular weight is 450 g/mol. The van der Waals surface area contributed by atoms with Crippen molar-refractivity contribution in [2.45, 2.75) is 39.3 Å². The Labute approximate surface area is 184 Å². The van der Waals surface area contributed by atoms with Gasteiger partial charge >= 0.3 is 0 Å². The molecule has 1 fully saturated rings. The zero-order chi connectivity index (χ0) is 22.6. The van der Waals surface area contributed by atoms with E-state index in [1.807, 2.05) is 24.6 Å². The Morgan fingerprint density at radius 2 is 1.84 bits per heavy atom. The molecule has 1 N–H and O–H groups in total. The first-order valence-corrected chi connectivity index (χ1v) is 11.8. The van der Waals surface area contributed by atoms with Gasteiger partial charge in [0.15, 0.2) is 0 Å². The van der Waals surface area contributed by atoms with Gasteiger partial charge in [0.1, 0.15) is 11.9 Å². The highest BCUT2D eigenvalue weighted by Crippen LogP contribution is 2.21. The topological polar surface area (TPSA) is 96.8 Å². The Balaban J connectivity index is 1.46. The fourth-order valence-corrected chi connectivity index (χ4v) is 4.70. The lowest BCUT2D eigenvalue weighted by molar-refractivity contribution is 0.0951. The number of carbonyl (C=O) groups excluding carboxylic acids is 1. The number of ether oxygens (including phenoxy) is 1. The Hall–Kier alpha value is -2.43. The standard InChI is InChI=1S/C21H31N5O4S/c1-16-15-17(2)26(23-16)14-11-22-21(27)18-5-7-19(8-6-18)30-20-9-12-25(13-10-20)31(28,29)24(3)4/h5-8,15,20H,9-14H2,1-4H3,(H,22,27). The summed E-state index contributed by atoms with van der Waals surface area (Å²) in [6.45, 7) is 5.91. The number of hydrogen-bond acceptors (Lipinski definition) is 5.